The second-order valence-corrected chi connectivity index (χ2v) is 6.84. The van der Waals surface area contributed by atoms with Crippen LogP contribution in [0.5, 0.6) is 0 Å². The highest BCUT2D eigenvalue weighted by Gasteiger charge is 2.45. The summed E-state index contributed by atoms with van der Waals surface area (Å²) in [5.41, 5.74) is 8.31. The Morgan fingerprint density at radius 2 is 1.97 bits per heavy atom. The molecule has 0 aliphatic carbocycles. The molecule has 0 bridgehead atoms. The third-order valence-corrected chi connectivity index (χ3v) is 4.75. The Morgan fingerprint density at radius 1 is 1.19 bits per heavy atom. The van der Waals surface area contributed by atoms with Gasteiger partial charge >= 0.3 is 0 Å². The predicted octanol–water partition coefficient (Wildman–Crippen LogP) is 0.370. The predicted molar refractivity (Wildman–Crippen MR) is 107 cm³/mol. The molecule has 1 aromatic carbocycles. The minimum Gasteiger partial charge on any atom is -0.379 e. The van der Waals surface area contributed by atoms with Gasteiger partial charge in [0.25, 0.3) is 11.8 Å². The number of hydrogen-bond donors (Lipinski definition) is 2. The summed E-state index contributed by atoms with van der Waals surface area (Å²) >= 11 is 0. The number of rotatable bonds is 10. The van der Waals surface area contributed by atoms with Crippen molar-refractivity contribution in [1.29, 1.82) is 0 Å². The first-order valence-electron chi connectivity index (χ1n) is 9.75. The van der Waals surface area contributed by atoms with Gasteiger partial charge in [0.05, 0.1) is 36.6 Å². The first-order valence-corrected chi connectivity index (χ1v) is 9.75. The smallest absolute Gasteiger partial charge is 0.264 e. The van der Waals surface area contributed by atoms with Crippen molar-refractivity contribution in [3.05, 3.63) is 39.8 Å². The maximum Gasteiger partial charge on any atom is 0.264 e. The second-order valence-electron chi connectivity index (χ2n) is 6.84. The molecule has 13 nitrogen and oxygen atoms in total. The van der Waals surface area contributed by atoms with E-state index in [0.29, 0.717) is 0 Å². The van der Waals surface area contributed by atoms with Crippen LogP contribution in [0.25, 0.3) is 10.4 Å². The molecular weight excluding hydrogens is 424 g/mol. The Labute approximate surface area is 181 Å². The van der Waals surface area contributed by atoms with Crippen LogP contribution in [0.4, 0.5) is 5.69 Å². The molecule has 1 saturated heterocycles. The molecule has 3 rings (SSSR count). The molecule has 32 heavy (non-hydrogen) atoms. The molecule has 0 radical (unpaired) electrons. The van der Waals surface area contributed by atoms with Crippen molar-refractivity contribution in [2.24, 2.45) is 5.11 Å². The van der Waals surface area contributed by atoms with E-state index in [4.69, 9.17) is 15.0 Å². The number of imide groups is 2. The first kappa shape index (κ1) is 22.9. The van der Waals surface area contributed by atoms with Crippen molar-refractivity contribution < 1.29 is 33.4 Å². The van der Waals surface area contributed by atoms with Crippen LogP contribution in [0.2, 0.25) is 0 Å². The number of nitrogens with one attached hydrogen (secondary N) is 2. The Balaban J connectivity index is 1.59. The molecule has 0 spiro atoms. The van der Waals surface area contributed by atoms with Crippen LogP contribution in [0, 0.1) is 0 Å². The number of benzene rings is 1. The number of hydrogen-bond acceptors (Lipinski definition) is 8. The molecule has 0 saturated carbocycles. The number of piperidine rings is 1. The lowest BCUT2D eigenvalue weighted by molar-refractivity contribution is -0.136. The molecule has 13 heteroatoms. The largest absolute Gasteiger partial charge is 0.379 e. The fraction of sp³-hybridized carbons (Fsp3) is 0.421. The minimum absolute atomic E-state index is 0.0139. The number of azide groups is 1. The SMILES string of the molecule is [N-]=[N+]=NCCOCCOCC(=O)Nc1cccc2c1C(=O)N(C1CCC(=O)NC1=O)C2=O. The molecule has 2 N–H and O–H groups in total. The highest BCUT2D eigenvalue weighted by atomic mass is 16.5. The average molecular weight is 444 g/mol. The zero-order valence-electron chi connectivity index (χ0n) is 16.9. The third kappa shape index (κ3) is 5.09. The second kappa shape index (κ2) is 10.5. The van der Waals surface area contributed by atoms with Gasteiger partial charge in [-0.15, -0.1) is 0 Å². The van der Waals surface area contributed by atoms with E-state index in [2.05, 4.69) is 20.7 Å². The Kier molecular flexibility index (Phi) is 7.49. The van der Waals surface area contributed by atoms with Crippen molar-refractivity contribution in [2.45, 2.75) is 18.9 Å². The number of carbonyl (C=O) groups is 5. The Morgan fingerprint density at radius 3 is 2.72 bits per heavy atom. The summed E-state index contributed by atoms with van der Waals surface area (Å²) in [4.78, 5) is 64.9. The summed E-state index contributed by atoms with van der Waals surface area (Å²) in [7, 11) is 0. The summed E-state index contributed by atoms with van der Waals surface area (Å²) in [6.07, 6.45) is 0.0522. The number of carbonyl (C=O) groups excluding carboxylic acids is 5. The van der Waals surface area contributed by atoms with E-state index in [0.717, 1.165) is 4.90 Å². The topological polar surface area (TPSA) is 180 Å². The number of nitrogens with zero attached hydrogens (tertiary/aromatic N) is 4. The van der Waals surface area contributed by atoms with Crippen LogP contribution < -0.4 is 10.6 Å². The summed E-state index contributed by atoms with van der Waals surface area (Å²) in [5.74, 6) is -3.10. The van der Waals surface area contributed by atoms with Gasteiger partial charge in [-0.1, -0.05) is 11.2 Å². The molecule has 1 unspecified atom stereocenters. The molecule has 2 aliphatic rings. The first-order chi connectivity index (χ1) is 15.4. The van der Waals surface area contributed by atoms with E-state index in [1.165, 1.54) is 18.2 Å². The van der Waals surface area contributed by atoms with Gasteiger partial charge in [-0.25, -0.2) is 0 Å². The molecule has 2 heterocycles. The third-order valence-electron chi connectivity index (χ3n) is 4.75. The molecule has 1 aromatic rings. The fourth-order valence-corrected chi connectivity index (χ4v) is 3.34. The average Bonchev–Trinajstić information content (AvgIpc) is 3.01. The maximum atomic E-state index is 13.0. The van der Waals surface area contributed by atoms with Crippen LogP contribution >= 0.6 is 0 Å². The van der Waals surface area contributed by atoms with E-state index in [1.807, 2.05) is 0 Å². The Hall–Kier alpha value is -3.80. The lowest BCUT2D eigenvalue weighted by Gasteiger charge is -2.27. The lowest BCUT2D eigenvalue weighted by atomic mass is 10.0. The van der Waals surface area contributed by atoms with E-state index in [9.17, 15) is 24.0 Å². The van der Waals surface area contributed by atoms with E-state index < -0.39 is 35.6 Å². The van der Waals surface area contributed by atoms with Gasteiger partial charge in [0.2, 0.25) is 17.7 Å². The van der Waals surface area contributed by atoms with Crippen LogP contribution in [-0.2, 0) is 23.9 Å². The standard InChI is InChI=1S/C19H20N6O7/c20-24-21-6-7-31-8-9-32-10-15(27)22-12-3-1-2-11-16(12)19(30)25(18(11)29)13-4-5-14(26)23-17(13)28/h1-3,13H,4-10H2,(H,22,27)(H,23,26,28). The van der Waals surface area contributed by atoms with Crippen LogP contribution in [-0.4, -0.2) is 73.4 Å². The Bertz CT molecular complexity index is 1000. The monoisotopic (exact) mass is 444 g/mol. The molecular formula is C19H20N6O7. The van der Waals surface area contributed by atoms with Gasteiger partial charge < -0.3 is 14.8 Å². The summed E-state index contributed by atoms with van der Waals surface area (Å²) in [6.45, 7) is 0.427. The lowest BCUT2D eigenvalue weighted by Crippen LogP contribution is -2.54. The van der Waals surface area contributed by atoms with Crippen LogP contribution in [0.1, 0.15) is 33.6 Å². The summed E-state index contributed by atoms with van der Waals surface area (Å²) in [5, 5.41) is 7.97. The molecule has 1 fully saturated rings. The van der Waals surface area contributed by atoms with Gasteiger partial charge in [0, 0.05) is 17.9 Å². The quantitative estimate of drug-likeness (QED) is 0.172. The van der Waals surface area contributed by atoms with E-state index in [-0.39, 0.29) is 62.6 Å². The molecule has 1 atom stereocenters. The van der Waals surface area contributed by atoms with Gasteiger partial charge in [0.15, 0.2) is 0 Å². The molecule has 5 amide bonds. The van der Waals surface area contributed by atoms with Crippen LogP contribution in [0.15, 0.2) is 23.3 Å². The van der Waals surface area contributed by atoms with Gasteiger partial charge in [-0.2, -0.15) is 0 Å². The normalized spacial score (nSPS) is 17.6. The number of amides is 5. The van der Waals surface area contributed by atoms with Crippen molar-refractivity contribution in [3.8, 4) is 0 Å². The molecule has 2 aliphatic heterocycles. The number of fused-ring (bicyclic) bond motifs is 1. The van der Waals surface area contributed by atoms with Crippen molar-refractivity contribution in [2.75, 3.05) is 38.3 Å². The maximum absolute atomic E-state index is 13.0. The van der Waals surface area contributed by atoms with Crippen molar-refractivity contribution in [3.63, 3.8) is 0 Å². The van der Waals surface area contributed by atoms with Gasteiger partial charge in [-0.05, 0) is 24.1 Å². The highest BCUT2D eigenvalue weighted by Crippen LogP contribution is 2.32. The zero-order chi connectivity index (χ0) is 23.1. The minimum atomic E-state index is -1.09. The number of anilines is 1. The van der Waals surface area contributed by atoms with Crippen molar-refractivity contribution in [1.82, 2.24) is 10.2 Å². The molecule has 0 aromatic heterocycles. The van der Waals surface area contributed by atoms with Gasteiger partial charge in [0.1, 0.15) is 12.6 Å². The van der Waals surface area contributed by atoms with E-state index >= 15 is 0 Å². The number of ether oxygens (including phenoxy) is 2. The summed E-state index contributed by atoms with van der Waals surface area (Å²) < 4.78 is 10.3. The molecule has 168 valence electrons. The highest BCUT2D eigenvalue weighted by molar-refractivity contribution is 6.26. The fourth-order valence-electron chi connectivity index (χ4n) is 3.34. The van der Waals surface area contributed by atoms with E-state index in [1.54, 1.807) is 0 Å². The summed E-state index contributed by atoms with van der Waals surface area (Å²) in [6, 6.07) is 3.31. The van der Waals surface area contributed by atoms with Crippen molar-refractivity contribution >= 4 is 35.2 Å². The zero-order valence-corrected chi connectivity index (χ0v) is 16.9. The van der Waals surface area contributed by atoms with Gasteiger partial charge in [-0.3, -0.25) is 34.2 Å². The van der Waals surface area contributed by atoms with Crippen LogP contribution in [0.3, 0.4) is 0 Å².